The third kappa shape index (κ3) is 10.3. The molecule has 17 heavy (non-hydrogen) atoms. The first kappa shape index (κ1) is 16.4. The molecular formula is C14H30N2O. The van der Waals surface area contributed by atoms with Gasteiger partial charge in [0.25, 0.3) is 0 Å². The molecule has 0 rings (SSSR count). The van der Waals surface area contributed by atoms with Crippen LogP contribution in [0.3, 0.4) is 0 Å². The summed E-state index contributed by atoms with van der Waals surface area (Å²) in [5.74, 6) is 0.0412. The fourth-order valence-corrected chi connectivity index (χ4v) is 1.75. The van der Waals surface area contributed by atoms with Gasteiger partial charge in [0.1, 0.15) is 0 Å². The zero-order valence-corrected chi connectivity index (χ0v) is 11.6. The monoisotopic (exact) mass is 242 g/mol. The minimum Gasteiger partial charge on any atom is -0.356 e. The Balaban J connectivity index is 3.16. The van der Waals surface area contributed by atoms with Gasteiger partial charge in [-0.25, -0.2) is 0 Å². The number of hydrogen-bond acceptors (Lipinski definition) is 2. The van der Waals surface area contributed by atoms with E-state index in [4.69, 9.17) is 5.73 Å². The Morgan fingerprint density at radius 3 is 2.12 bits per heavy atom. The fraction of sp³-hybridized carbons (Fsp3) is 0.929. The van der Waals surface area contributed by atoms with Crippen molar-refractivity contribution in [1.29, 1.82) is 0 Å². The van der Waals surface area contributed by atoms with Gasteiger partial charge in [-0.2, -0.15) is 0 Å². The zero-order chi connectivity index (χ0) is 12.9. The van der Waals surface area contributed by atoms with E-state index in [9.17, 15) is 4.79 Å². The fourth-order valence-electron chi connectivity index (χ4n) is 1.75. The molecule has 3 N–H and O–H groups in total. The predicted octanol–water partition coefficient (Wildman–Crippen LogP) is 2.84. The van der Waals surface area contributed by atoms with Crippen molar-refractivity contribution in [1.82, 2.24) is 5.32 Å². The van der Waals surface area contributed by atoms with E-state index in [1.165, 1.54) is 44.9 Å². The first-order valence-corrected chi connectivity index (χ1v) is 7.20. The maximum atomic E-state index is 11.4. The van der Waals surface area contributed by atoms with Crippen LogP contribution in [0.15, 0.2) is 0 Å². The Bertz CT molecular complexity index is 183. The van der Waals surface area contributed by atoms with Crippen molar-refractivity contribution in [2.75, 3.05) is 13.1 Å². The van der Waals surface area contributed by atoms with Gasteiger partial charge in [-0.3, -0.25) is 4.79 Å². The Morgan fingerprint density at radius 2 is 1.59 bits per heavy atom. The van der Waals surface area contributed by atoms with E-state index in [-0.39, 0.29) is 11.8 Å². The predicted molar refractivity (Wildman–Crippen MR) is 73.8 cm³/mol. The normalized spacial score (nSPS) is 12.4. The molecule has 1 atom stereocenters. The average molecular weight is 242 g/mol. The highest BCUT2D eigenvalue weighted by Gasteiger charge is 2.08. The summed E-state index contributed by atoms with van der Waals surface area (Å²) in [6, 6.07) is 0. The molecule has 0 fully saturated rings. The molecule has 3 heteroatoms. The van der Waals surface area contributed by atoms with Gasteiger partial charge in [-0.15, -0.1) is 0 Å². The molecule has 0 heterocycles. The third-order valence-electron chi connectivity index (χ3n) is 3.13. The molecule has 0 radical (unpaired) electrons. The van der Waals surface area contributed by atoms with Crippen LogP contribution in [0.4, 0.5) is 0 Å². The van der Waals surface area contributed by atoms with E-state index in [1.54, 1.807) is 0 Å². The van der Waals surface area contributed by atoms with E-state index in [0.717, 1.165) is 13.0 Å². The van der Waals surface area contributed by atoms with Crippen LogP contribution < -0.4 is 11.1 Å². The van der Waals surface area contributed by atoms with E-state index < -0.39 is 0 Å². The molecule has 0 aromatic carbocycles. The van der Waals surface area contributed by atoms with Crippen molar-refractivity contribution in [2.45, 2.75) is 65.2 Å². The molecule has 0 spiro atoms. The second kappa shape index (κ2) is 11.9. The molecular weight excluding hydrogens is 212 g/mol. The SMILES string of the molecule is CCCCCCCCCCNC(=O)C(C)CN. The average Bonchev–Trinajstić information content (AvgIpc) is 2.35. The van der Waals surface area contributed by atoms with Gasteiger partial charge < -0.3 is 11.1 Å². The number of unbranched alkanes of at least 4 members (excludes halogenated alkanes) is 7. The standard InChI is InChI=1S/C14H30N2O/c1-3-4-5-6-7-8-9-10-11-16-14(17)13(2)12-15/h13H,3-12,15H2,1-2H3,(H,16,17). The van der Waals surface area contributed by atoms with E-state index in [0.29, 0.717) is 6.54 Å². The smallest absolute Gasteiger partial charge is 0.224 e. The van der Waals surface area contributed by atoms with Crippen LogP contribution in [-0.2, 0) is 4.79 Å². The summed E-state index contributed by atoms with van der Waals surface area (Å²) < 4.78 is 0. The lowest BCUT2D eigenvalue weighted by Gasteiger charge is -2.09. The number of carbonyl (C=O) groups excluding carboxylic acids is 1. The highest BCUT2D eigenvalue weighted by molar-refractivity contribution is 5.78. The Hall–Kier alpha value is -0.570. The number of amides is 1. The van der Waals surface area contributed by atoms with Crippen LogP contribution in [0.1, 0.15) is 65.2 Å². The lowest BCUT2D eigenvalue weighted by atomic mass is 10.1. The lowest BCUT2D eigenvalue weighted by molar-refractivity contribution is -0.124. The number of carbonyl (C=O) groups is 1. The van der Waals surface area contributed by atoms with Crippen LogP contribution in [0.2, 0.25) is 0 Å². The minimum absolute atomic E-state index is 0.0518. The molecule has 0 saturated carbocycles. The summed E-state index contributed by atoms with van der Waals surface area (Å²) in [5.41, 5.74) is 5.42. The molecule has 0 aliphatic rings. The molecule has 1 amide bonds. The van der Waals surface area contributed by atoms with Gasteiger partial charge in [-0.1, -0.05) is 58.8 Å². The van der Waals surface area contributed by atoms with Crippen molar-refractivity contribution in [3.63, 3.8) is 0 Å². The highest BCUT2D eigenvalue weighted by atomic mass is 16.1. The topological polar surface area (TPSA) is 55.1 Å². The van der Waals surface area contributed by atoms with Crippen molar-refractivity contribution in [2.24, 2.45) is 11.7 Å². The largest absolute Gasteiger partial charge is 0.356 e. The van der Waals surface area contributed by atoms with Crippen molar-refractivity contribution >= 4 is 5.91 Å². The van der Waals surface area contributed by atoms with E-state index in [2.05, 4.69) is 12.2 Å². The van der Waals surface area contributed by atoms with Gasteiger partial charge in [0.2, 0.25) is 5.91 Å². The number of nitrogens with two attached hydrogens (primary N) is 1. The van der Waals surface area contributed by atoms with Crippen molar-refractivity contribution < 1.29 is 4.79 Å². The lowest BCUT2D eigenvalue weighted by Crippen LogP contribution is -2.33. The number of nitrogens with one attached hydrogen (secondary N) is 1. The maximum Gasteiger partial charge on any atom is 0.224 e. The van der Waals surface area contributed by atoms with Crippen LogP contribution >= 0.6 is 0 Å². The summed E-state index contributed by atoms with van der Waals surface area (Å²) >= 11 is 0. The molecule has 1 unspecified atom stereocenters. The highest BCUT2D eigenvalue weighted by Crippen LogP contribution is 2.07. The molecule has 0 aromatic heterocycles. The molecule has 102 valence electrons. The first-order chi connectivity index (χ1) is 8.22. The third-order valence-corrected chi connectivity index (χ3v) is 3.13. The molecule has 0 bridgehead atoms. The van der Waals surface area contributed by atoms with Crippen molar-refractivity contribution in [3.05, 3.63) is 0 Å². The van der Waals surface area contributed by atoms with Crippen LogP contribution in [0, 0.1) is 5.92 Å². The summed E-state index contributed by atoms with van der Waals surface area (Å²) in [5, 5.41) is 2.93. The van der Waals surface area contributed by atoms with Crippen molar-refractivity contribution in [3.8, 4) is 0 Å². The van der Waals surface area contributed by atoms with Gasteiger partial charge in [0, 0.05) is 19.0 Å². The summed E-state index contributed by atoms with van der Waals surface area (Å²) in [6.45, 7) is 5.34. The van der Waals surface area contributed by atoms with Gasteiger partial charge >= 0.3 is 0 Å². The summed E-state index contributed by atoms with van der Waals surface area (Å²) in [7, 11) is 0. The summed E-state index contributed by atoms with van der Waals surface area (Å²) in [6.07, 6.45) is 10.4. The van der Waals surface area contributed by atoms with E-state index >= 15 is 0 Å². The van der Waals surface area contributed by atoms with Crippen LogP contribution in [0.5, 0.6) is 0 Å². The minimum atomic E-state index is -0.0518. The molecule has 3 nitrogen and oxygen atoms in total. The van der Waals surface area contributed by atoms with E-state index in [1.807, 2.05) is 6.92 Å². The van der Waals surface area contributed by atoms with Gasteiger partial charge in [0.05, 0.1) is 0 Å². The Kier molecular flexibility index (Phi) is 11.5. The number of hydrogen-bond donors (Lipinski definition) is 2. The second-order valence-electron chi connectivity index (χ2n) is 4.90. The maximum absolute atomic E-state index is 11.4. The zero-order valence-electron chi connectivity index (χ0n) is 11.6. The van der Waals surface area contributed by atoms with Gasteiger partial charge in [0.15, 0.2) is 0 Å². The first-order valence-electron chi connectivity index (χ1n) is 7.20. The summed E-state index contributed by atoms with van der Waals surface area (Å²) in [4.78, 5) is 11.4. The second-order valence-corrected chi connectivity index (χ2v) is 4.90. The molecule has 0 aliphatic heterocycles. The molecule has 0 saturated heterocycles. The quantitative estimate of drug-likeness (QED) is 0.547. The number of rotatable bonds is 11. The Labute approximate surface area is 107 Å². The van der Waals surface area contributed by atoms with Crippen LogP contribution in [0.25, 0.3) is 0 Å². The molecule has 0 aliphatic carbocycles. The molecule has 0 aromatic rings. The van der Waals surface area contributed by atoms with Gasteiger partial charge in [-0.05, 0) is 6.42 Å². The Morgan fingerprint density at radius 1 is 1.06 bits per heavy atom. The van der Waals surface area contributed by atoms with Crippen LogP contribution in [-0.4, -0.2) is 19.0 Å².